The number of halogens is 2. The van der Waals surface area contributed by atoms with Crippen LogP contribution in [0.15, 0.2) is 47.7 Å². The Hall–Kier alpha value is -2.02. The predicted octanol–water partition coefficient (Wildman–Crippen LogP) is 4.19. The molecule has 0 atom stereocenters. The summed E-state index contributed by atoms with van der Waals surface area (Å²) in [5.41, 5.74) is 1.26. The van der Waals surface area contributed by atoms with Crippen molar-refractivity contribution in [3.05, 3.63) is 63.0 Å². The van der Waals surface area contributed by atoms with Crippen LogP contribution in [0.5, 0.6) is 0 Å². The molecule has 0 fully saturated rings. The maximum absolute atomic E-state index is 6.12. The third kappa shape index (κ3) is 2.94. The summed E-state index contributed by atoms with van der Waals surface area (Å²) in [7, 11) is 0. The molecular formula is C14H9Cl2N5S. The smallest absolute Gasteiger partial charge is 0.216 e. The molecule has 0 aliphatic carbocycles. The van der Waals surface area contributed by atoms with Crippen LogP contribution < -0.4 is 0 Å². The van der Waals surface area contributed by atoms with Crippen LogP contribution in [0.3, 0.4) is 0 Å². The van der Waals surface area contributed by atoms with Gasteiger partial charge in [-0.15, -0.1) is 0 Å². The predicted molar refractivity (Wildman–Crippen MR) is 90.1 cm³/mol. The summed E-state index contributed by atoms with van der Waals surface area (Å²) < 4.78 is 1.82. The van der Waals surface area contributed by atoms with E-state index in [1.54, 1.807) is 30.6 Å². The van der Waals surface area contributed by atoms with Gasteiger partial charge in [-0.3, -0.25) is 4.98 Å². The summed E-state index contributed by atoms with van der Waals surface area (Å²) in [6, 6.07) is 10.7. The Morgan fingerprint density at radius 3 is 2.59 bits per heavy atom. The van der Waals surface area contributed by atoms with Crippen LogP contribution in [0, 0.1) is 4.77 Å². The van der Waals surface area contributed by atoms with Gasteiger partial charge in [-0.2, -0.15) is 14.9 Å². The van der Waals surface area contributed by atoms with Gasteiger partial charge >= 0.3 is 0 Å². The van der Waals surface area contributed by atoms with E-state index in [4.69, 9.17) is 35.4 Å². The van der Waals surface area contributed by atoms with Crippen molar-refractivity contribution in [2.75, 3.05) is 0 Å². The molecule has 0 aliphatic heterocycles. The number of nitrogens with zero attached hydrogens (tertiary/aromatic N) is 4. The average Bonchev–Trinajstić information content (AvgIpc) is 2.89. The molecule has 3 aromatic rings. The van der Waals surface area contributed by atoms with Crippen LogP contribution in [0.25, 0.3) is 11.5 Å². The van der Waals surface area contributed by atoms with Crippen LogP contribution in [-0.2, 0) is 0 Å². The Morgan fingerprint density at radius 2 is 1.91 bits per heavy atom. The largest absolute Gasteiger partial charge is 0.253 e. The Bertz CT molecular complexity index is 865. The number of pyridine rings is 1. The second kappa shape index (κ2) is 6.39. The number of aromatic amines is 1. The molecule has 110 valence electrons. The van der Waals surface area contributed by atoms with Crippen molar-refractivity contribution in [1.82, 2.24) is 19.9 Å². The summed E-state index contributed by atoms with van der Waals surface area (Å²) in [6.07, 6.45) is 3.22. The van der Waals surface area contributed by atoms with Crippen LogP contribution in [0.1, 0.15) is 5.56 Å². The SMILES string of the molecule is S=c1[nH]nc(-c2ccccn2)n1/N=C/c1c(Cl)cccc1Cl. The van der Waals surface area contributed by atoms with Gasteiger partial charge in [0.2, 0.25) is 10.6 Å². The summed E-state index contributed by atoms with van der Waals surface area (Å²) >= 11 is 17.4. The molecule has 0 unspecified atom stereocenters. The molecule has 0 spiro atoms. The van der Waals surface area contributed by atoms with E-state index in [2.05, 4.69) is 20.3 Å². The van der Waals surface area contributed by atoms with E-state index in [-0.39, 0.29) is 0 Å². The second-order valence-electron chi connectivity index (χ2n) is 4.26. The molecule has 3 rings (SSSR count). The molecule has 0 saturated carbocycles. The van der Waals surface area contributed by atoms with Crippen LogP contribution in [0.2, 0.25) is 10.0 Å². The lowest BCUT2D eigenvalue weighted by Gasteiger charge is -2.02. The standard InChI is InChI=1S/C14H9Cl2N5S/c15-10-4-3-5-11(16)9(10)8-18-21-13(19-20-14(21)22)12-6-1-2-7-17-12/h1-8H,(H,20,22)/b18-8+. The maximum Gasteiger partial charge on any atom is 0.216 e. The fraction of sp³-hybridized carbons (Fsp3) is 0. The lowest BCUT2D eigenvalue weighted by molar-refractivity contribution is 0.867. The third-order valence-electron chi connectivity index (χ3n) is 2.85. The third-order valence-corrected chi connectivity index (χ3v) is 3.77. The van der Waals surface area contributed by atoms with Crippen molar-refractivity contribution in [1.29, 1.82) is 0 Å². The van der Waals surface area contributed by atoms with Crippen molar-refractivity contribution < 1.29 is 0 Å². The molecule has 8 heteroatoms. The van der Waals surface area contributed by atoms with Gasteiger partial charge in [0.15, 0.2) is 0 Å². The zero-order valence-electron chi connectivity index (χ0n) is 11.1. The van der Waals surface area contributed by atoms with E-state index < -0.39 is 0 Å². The first kappa shape index (κ1) is 14.9. The molecule has 2 heterocycles. The van der Waals surface area contributed by atoms with Crippen molar-refractivity contribution in [2.24, 2.45) is 5.10 Å². The molecular weight excluding hydrogens is 341 g/mol. The fourth-order valence-electron chi connectivity index (χ4n) is 1.81. The number of H-pyrrole nitrogens is 1. The Balaban J connectivity index is 2.05. The molecule has 22 heavy (non-hydrogen) atoms. The van der Waals surface area contributed by atoms with Crippen LogP contribution in [0.4, 0.5) is 0 Å². The monoisotopic (exact) mass is 349 g/mol. The van der Waals surface area contributed by atoms with E-state index in [0.29, 0.717) is 31.9 Å². The Morgan fingerprint density at radius 1 is 1.14 bits per heavy atom. The minimum Gasteiger partial charge on any atom is -0.253 e. The minimum absolute atomic E-state index is 0.347. The highest BCUT2D eigenvalue weighted by molar-refractivity contribution is 7.71. The van der Waals surface area contributed by atoms with Crippen molar-refractivity contribution in [3.63, 3.8) is 0 Å². The lowest BCUT2D eigenvalue weighted by atomic mass is 10.2. The summed E-state index contributed by atoms with van der Waals surface area (Å²) in [5.74, 6) is 0.505. The maximum atomic E-state index is 6.12. The topological polar surface area (TPSA) is 58.9 Å². The number of benzene rings is 1. The first-order chi connectivity index (χ1) is 10.7. The molecule has 1 N–H and O–H groups in total. The minimum atomic E-state index is 0.347. The molecule has 1 aromatic carbocycles. The van der Waals surface area contributed by atoms with Gasteiger partial charge in [0.25, 0.3) is 0 Å². The van der Waals surface area contributed by atoms with Gasteiger partial charge in [-0.25, -0.2) is 5.10 Å². The molecule has 0 bridgehead atoms. The number of hydrogen-bond acceptors (Lipinski definition) is 4. The number of nitrogens with one attached hydrogen (secondary N) is 1. The van der Waals surface area contributed by atoms with Crippen molar-refractivity contribution in [3.8, 4) is 11.5 Å². The molecule has 2 aromatic heterocycles. The van der Waals surface area contributed by atoms with E-state index in [9.17, 15) is 0 Å². The lowest BCUT2D eigenvalue weighted by Crippen LogP contribution is -1.97. The van der Waals surface area contributed by atoms with Crippen LogP contribution >= 0.6 is 35.4 Å². The number of aromatic nitrogens is 4. The zero-order chi connectivity index (χ0) is 15.5. The Labute approximate surface area is 141 Å². The highest BCUT2D eigenvalue weighted by atomic mass is 35.5. The average molecular weight is 350 g/mol. The van der Waals surface area contributed by atoms with Gasteiger partial charge in [-0.05, 0) is 36.5 Å². The highest BCUT2D eigenvalue weighted by Gasteiger charge is 2.09. The number of hydrogen-bond donors (Lipinski definition) is 1. The zero-order valence-corrected chi connectivity index (χ0v) is 13.4. The van der Waals surface area contributed by atoms with Gasteiger partial charge in [0.1, 0.15) is 5.69 Å². The molecule has 5 nitrogen and oxygen atoms in total. The normalized spacial score (nSPS) is 11.2. The van der Waals surface area contributed by atoms with Crippen molar-refractivity contribution in [2.45, 2.75) is 0 Å². The first-order valence-corrected chi connectivity index (χ1v) is 7.40. The summed E-state index contributed by atoms with van der Waals surface area (Å²) in [6.45, 7) is 0. The van der Waals surface area contributed by atoms with E-state index in [1.807, 2.05) is 18.2 Å². The van der Waals surface area contributed by atoms with Gasteiger partial charge in [0, 0.05) is 11.8 Å². The highest BCUT2D eigenvalue weighted by Crippen LogP contribution is 2.22. The van der Waals surface area contributed by atoms with Gasteiger partial charge < -0.3 is 0 Å². The second-order valence-corrected chi connectivity index (χ2v) is 5.46. The molecule has 0 aliphatic rings. The van der Waals surface area contributed by atoms with E-state index in [0.717, 1.165) is 0 Å². The quantitative estimate of drug-likeness (QED) is 0.569. The van der Waals surface area contributed by atoms with Gasteiger partial charge in [-0.1, -0.05) is 35.3 Å². The summed E-state index contributed by atoms with van der Waals surface area (Å²) in [4.78, 5) is 4.24. The molecule has 0 amide bonds. The van der Waals surface area contributed by atoms with Crippen molar-refractivity contribution >= 4 is 41.6 Å². The van der Waals surface area contributed by atoms with Crippen LogP contribution in [-0.4, -0.2) is 26.1 Å². The molecule has 0 saturated heterocycles. The van der Waals surface area contributed by atoms with E-state index in [1.165, 1.54) is 4.68 Å². The fourth-order valence-corrected chi connectivity index (χ4v) is 2.48. The first-order valence-electron chi connectivity index (χ1n) is 6.24. The van der Waals surface area contributed by atoms with E-state index >= 15 is 0 Å². The molecule has 0 radical (unpaired) electrons. The summed E-state index contributed by atoms with van der Waals surface area (Å²) in [5, 5.41) is 12.2. The Kier molecular flexibility index (Phi) is 4.33. The number of rotatable bonds is 3. The van der Waals surface area contributed by atoms with Gasteiger partial charge in [0.05, 0.1) is 16.3 Å².